The van der Waals surface area contributed by atoms with E-state index >= 15 is 0 Å². The maximum atomic E-state index is 10.3. The van der Waals surface area contributed by atoms with Crippen molar-refractivity contribution in [2.24, 2.45) is 0 Å². The highest BCUT2D eigenvalue weighted by Gasteiger charge is 2.13. The summed E-state index contributed by atoms with van der Waals surface area (Å²) in [6.45, 7) is 2.21. The largest absolute Gasteiger partial charge is 0.387 e. The molecule has 1 N–H and O–H groups in total. The van der Waals surface area contributed by atoms with Gasteiger partial charge in [-0.3, -0.25) is 0 Å². The zero-order valence-electron chi connectivity index (χ0n) is 12.0. The van der Waals surface area contributed by atoms with Gasteiger partial charge in [-0.1, -0.05) is 57.2 Å². The van der Waals surface area contributed by atoms with Gasteiger partial charge in [-0.15, -0.1) is 0 Å². The highest BCUT2D eigenvalue weighted by molar-refractivity contribution is 9.10. The molecule has 2 nitrogen and oxygen atoms in total. The number of halogens is 1. The first-order valence-electron chi connectivity index (χ1n) is 7.45. The number of hydrogen-bond acceptors (Lipinski definition) is 2. The van der Waals surface area contributed by atoms with E-state index in [1.165, 1.54) is 25.7 Å². The van der Waals surface area contributed by atoms with E-state index in [0.29, 0.717) is 0 Å². The van der Waals surface area contributed by atoms with E-state index in [1.807, 2.05) is 30.3 Å². The first-order valence-corrected chi connectivity index (χ1v) is 8.25. The molecule has 0 saturated carbocycles. The van der Waals surface area contributed by atoms with E-state index in [0.717, 1.165) is 33.9 Å². The monoisotopic (exact) mass is 335 g/mol. The molecule has 0 bridgehead atoms. The molecule has 0 aliphatic heterocycles. The zero-order valence-corrected chi connectivity index (χ0v) is 13.6. The molecule has 0 spiro atoms. The molecular formula is C17H22BrNO. The third-order valence-corrected chi connectivity index (χ3v) is 4.24. The normalized spacial score (nSPS) is 12.8. The summed E-state index contributed by atoms with van der Waals surface area (Å²) in [7, 11) is 0. The summed E-state index contributed by atoms with van der Waals surface area (Å²) in [4.78, 5) is 4.59. The standard InChI is InChI=1S/C17H22BrNO/c1-2-3-4-5-6-11-16(20)17-14(18)12-13-9-7-8-10-15(13)19-17/h7-10,12,16,20H,2-6,11H2,1H3. The van der Waals surface area contributed by atoms with Gasteiger partial charge in [0.15, 0.2) is 0 Å². The molecule has 0 aliphatic carbocycles. The van der Waals surface area contributed by atoms with Crippen molar-refractivity contribution in [3.05, 3.63) is 40.5 Å². The van der Waals surface area contributed by atoms with E-state index in [-0.39, 0.29) is 0 Å². The summed E-state index contributed by atoms with van der Waals surface area (Å²) in [6, 6.07) is 10.0. The molecule has 0 aliphatic rings. The van der Waals surface area contributed by atoms with Crippen molar-refractivity contribution < 1.29 is 5.11 Å². The first-order chi connectivity index (χ1) is 9.72. The Kier molecular flexibility index (Phi) is 5.99. The van der Waals surface area contributed by atoms with Crippen molar-refractivity contribution >= 4 is 26.8 Å². The lowest BCUT2D eigenvalue weighted by Gasteiger charge is -2.13. The summed E-state index contributed by atoms with van der Waals surface area (Å²) < 4.78 is 0.900. The molecule has 108 valence electrons. The van der Waals surface area contributed by atoms with Crippen LogP contribution in [0.2, 0.25) is 0 Å². The number of aliphatic hydroxyl groups excluding tert-OH is 1. The predicted molar refractivity (Wildman–Crippen MR) is 87.8 cm³/mol. The third kappa shape index (κ3) is 4.03. The van der Waals surface area contributed by atoms with Crippen LogP contribution in [0.4, 0.5) is 0 Å². The number of rotatable bonds is 7. The topological polar surface area (TPSA) is 33.1 Å². The maximum absolute atomic E-state index is 10.3. The van der Waals surface area contributed by atoms with Crippen LogP contribution >= 0.6 is 15.9 Å². The fourth-order valence-corrected chi connectivity index (χ4v) is 3.02. The molecule has 1 atom stereocenters. The van der Waals surface area contributed by atoms with Crippen LogP contribution in [-0.2, 0) is 0 Å². The van der Waals surface area contributed by atoms with Gasteiger partial charge in [0, 0.05) is 9.86 Å². The minimum atomic E-state index is -0.476. The molecule has 3 heteroatoms. The Hall–Kier alpha value is -0.930. The Labute approximate surface area is 129 Å². The maximum Gasteiger partial charge on any atom is 0.0971 e. The lowest BCUT2D eigenvalue weighted by molar-refractivity contribution is 0.158. The Morgan fingerprint density at radius 1 is 1.15 bits per heavy atom. The van der Waals surface area contributed by atoms with Gasteiger partial charge in [-0.25, -0.2) is 4.98 Å². The lowest BCUT2D eigenvalue weighted by atomic mass is 10.0. The Morgan fingerprint density at radius 2 is 1.90 bits per heavy atom. The highest BCUT2D eigenvalue weighted by Crippen LogP contribution is 2.28. The van der Waals surface area contributed by atoms with Crippen LogP contribution in [0.25, 0.3) is 10.9 Å². The summed E-state index contributed by atoms with van der Waals surface area (Å²) in [5, 5.41) is 11.4. The van der Waals surface area contributed by atoms with E-state index in [1.54, 1.807) is 0 Å². The molecule has 1 heterocycles. The van der Waals surface area contributed by atoms with E-state index in [2.05, 4.69) is 27.8 Å². The second-order valence-corrected chi connectivity index (χ2v) is 6.12. The van der Waals surface area contributed by atoms with Gasteiger partial charge < -0.3 is 5.11 Å². The van der Waals surface area contributed by atoms with Crippen LogP contribution < -0.4 is 0 Å². The van der Waals surface area contributed by atoms with Gasteiger partial charge in [0.2, 0.25) is 0 Å². The number of unbranched alkanes of at least 4 members (excludes halogenated alkanes) is 4. The number of aromatic nitrogens is 1. The second-order valence-electron chi connectivity index (χ2n) is 5.27. The van der Waals surface area contributed by atoms with Crippen LogP contribution in [0, 0.1) is 0 Å². The molecule has 2 rings (SSSR count). The number of fused-ring (bicyclic) bond motifs is 1. The summed E-state index contributed by atoms with van der Waals surface area (Å²) in [6.07, 6.45) is 6.35. The van der Waals surface area contributed by atoms with E-state index in [9.17, 15) is 5.11 Å². The zero-order chi connectivity index (χ0) is 14.4. The van der Waals surface area contributed by atoms with Crippen molar-refractivity contribution in [1.29, 1.82) is 0 Å². The molecule has 0 fully saturated rings. The highest BCUT2D eigenvalue weighted by atomic mass is 79.9. The Bertz CT molecular complexity index is 556. The minimum Gasteiger partial charge on any atom is -0.387 e. The Morgan fingerprint density at radius 3 is 2.70 bits per heavy atom. The van der Waals surface area contributed by atoms with Crippen LogP contribution in [0.5, 0.6) is 0 Å². The molecule has 0 amide bonds. The van der Waals surface area contributed by atoms with Gasteiger partial charge in [0.1, 0.15) is 0 Å². The van der Waals surface area contributed by atoms with Gasteiger partial charge >= 0.3 is 0 Å². The van der Waals surface area contributed by atoms with Gasteiger partial charge in [0.25, 0.3) is 0 Å². The quantitative estimate of drug-likeness (QED) is 0.688. The van der Waals surface area contributed by atoms with Crippen molar-refractivity contribution in [1.82, 2.24) is 4.98 Å². The lowest BCUT2D eigenvalue weighted by Crippen LogP contribution is -2.02. The van der Waals surface area contributed by atoms with Gasteiger partial charge in [-0.2, -0.15) is 0 Å². The van der Waals surface area contributed by atoms with E-state index in [4.69, 9.17) is 0 Å². The van der Waals surface area contributed by atoms with Crippen LogP contribution in [0.15, 0.2) is 34.8 Å². The fourth-order valence-electron chi connectivity index (χ4n) is 2.42. The molecule has 0 radical (unpaired) electrons. The molecule has 0 saturated heterocycles. The summed E-state index contributed by atoms with van der Waals surface area (Å²) >= 11 is 3.53. The van der Waals surface area contributed by atoms with Gasteiger partial charge in [0.05, 0.1) is 17.3 Å². The minimum absolute atomic E-state index is 0.476. The van der Waals surface area contributed by atoms with Gasteiger partial charge in [-0.05, 0) is 34.5 Å². The smallest absolute Gasteiger partial charge is 0.0971 e. The number of benzene rings is 1. The molecular weight excluding hydrogens is 314 g/mol. The second kappa shape index (κ2) is 7.75. The number of aliphatic hydroxyl groups is 1. The molecule has 1 aromatic heterocycles. The summed E-state index contributed by atoms with van der Waals surface area (Å²) in [5.74, 6) is 0. The fraction of sp³-hybridized carbons (Fsp3) is 0.471. The predicted octanol–water partition coefficient (Wildman–Crippen LogP) is 5.39. The Balaban J connectivity index is 2.02. The first kappa shape index (κ1) is 15.5. The molecule has 20 heavy (non-hydrogen) atoms. The average Bonchev–Trinajstić information content (AvgIpc) is 2.46. The van der Waals surface area contributed by atoms with Crippen molar-refractivity contribution in [3.8, 4) is 0 Å². The van der Waals surface area contributed by atoms with Crippen molar-refractivity contribution in [3.63, 3.8) is 0 Å². The summed E-state index contributed by atoms with van der Waals surface area (Å²) in [5.41, 5.74) is 1.70. The van der Waals surface area contributed by atoms with E-state index < -0.39 is 6.10 Å². The third-order valence-electron chi connectivity index (χ3n) is 3.60. The molecule has 1 aromatic carbocycles. The number of nitrogens with zero attached hydrogens (tertiary/aromatic N) is 1. The van der Waals surface area contributed by atoms with Crippen LogP contribution in [0.1, 0.15) is 57.2 Å². The van der Waals surface area contributed by atoms with Crippen molar-refractivity contribution in [2.45, 2.75) is 51.6 Å². The van der Waals surface area contributed by atoms with Crippen LogP contribution in [-0.4, -0.2) is 10.1 Å². The number of para-hydroxylation sites is 1. The van der Waals surface area contributed by atoms with Crippen molar-refractivity contribution in [2.75, 3.05) is 0 Å². The van der Waals surface area contributed by atoms with Crippen LogP contribution in [0.3, 0.4) is 0 Å². The SMILES string of the molecule is CCCCCCCC(O)c1nc2ccccc2cc1Br. The molecule has 2 aromatic rings. The molecule has 1 unspecified atom stereocenters. The average molecular weight is 336 g/mol. The number of hydrogen-bond donors (Lipinski definition) is 1. The number of pyridine rings is 1.